The Morgan fingerprint density at radius 3 is 3.11 bits per heavy atom. The monoisotopic (exact) mass is 262 g/mol. The van der Waals surface area contributed by atoms with Crippen LogP contribution in [0.15, 0.2) is 32.6 Å². The van der Waals surface area contributed by atoms with Gasteiger partial charge >= 0.3 is 0 Å². The Hall–Kier alpha value is -1.95. The Bertz CT molecular complexity index is 767. The minimum atomic E-state index is -0.313. The van der Waals surface area contributed by atoms with Crippen LogP contribution in [0.1, 0.15) is 23.9 Å². The molecule has 5 nitrogen and oxygen atoms in total. The zero-order valence-electron chi connectivity index (χ0n) is 9.62. The van der Waals surface area contributed by atoms with Crippen LogP contribution in [-0.2, 0) is 0 Å². The fourth-order valence-corrected chi connectivity index (χ4v) is 2.92. The van der Waals surface area contributed by atoms with Crippen molar-refractivity contribution < 1.29 is 9.21 Å². The summed E-state index contributed by atoms with van der Waals surface area (Å²) in [4.78, 5) is 28.7. The summed E-state index contributed by atoms with van der Waals surface area (Å²) in [6.45, 7) is 1.86. The summed E-state index contributed by atoms with van der Waals surface area (Å²) in [5.74, 6) is 0.402. The Labute approximate surface area is 106 Å². The van der Waals surface area contributed by atoms with Gasteiger partial charge in [0.2, 0.25) is 5.91 Å². The van der Waals surface area contributed by atoms with Gasteiger partial charge in [-0.3, -0.25) is 14.6 Å². The second-order valence-corrected chi connectivity index (χ2v) is 5.13. The van der Waals surface area contributed by atoms with Crippen molar-refractivity contribution in [1.82, 2.24) is 4.57 Å². The van der Waals surface area contributed by atoms with Crippen molar-refractivity contribution in [2.75, 3.05) is 0 Å². The summed E-state index contributed by atoms with van der Waals surface area (Å²) in [5, 5.41) is 0. The molecular formula is C12H10N2O3S. The first-order valence-corrected chi connectivity index (χ1v) is 6.35. The molecule has 0 amide bonds. The summed E-state index contributed by atoms with van der Waals surface area (Å²) >= 11 is 1.22. The third-order valence-electron chi connectivity index (χ3n) is 2.67. The molecule has 0 spiro atoms. The summed E-state index contributed by atoms with van der Waals surface area (Å²) in [6, 6.07) is 3.44. The SMILES string of the molecule is CC1CC(=O)n2c(s/c(=C/c3ccco3)c2=O)=N1. The van der Waals surface area contributed by atoms with E-state index in [1.54, 1.807) is 18.2 Å². The third-order valence-corrected chi connectivity index (χ3v) is 3.66. The standard InChI is InChI=1S/C12H10N2O3S/c1-7-5-10(15)14-11(16)9(18-12(14)13-7)6-8-3-2-4-17-8/h2-4,6-7H,5H2,1H3/b9-6+. The van der Waals surface area contributed by atoms with E-state index in [-0.39, 0.29) is 23.9 Å². The van der Waals surface area contributed by atoms with Gasteiger partial charge in [0.15, 0.2) is 4.80 Å². The van der Waals surface area contributed by atoms with Crippen LogP contribution in [0.5, 0.6) is 0 Å². The zero-order valence-corrected chi connectivity index (χ0v) is 10.4. The van der Waals surface area contributed by atoms with Crippen molar-refractivity contribution in [3.05, 3.63) is 43.8 Å². The molecule has 3 heterocycles. The van der Waals surface area contributed by atoms with Crippen molar-refractivity contribution in [2.45, 2.75) is 19.4 Å². The van der Waals surface area contributed by atoms with E-state index in [2.05, 4.69) is 4.99 Å². The van der Waals surface area contributed by atoms with Gasteiger partial charge < -0.3 is 4.42 Å². The Kier molecular flexibility index (Phi) is 2.52. The van der Waals surface area contributed by atoms with Crippen LogP contribution >= 0.6 is 11.3 Å². The van der Waals surface area contributed by atoms with E-state index < -0.39 is 0 Å². The number of nitrogens with zero attached hydrogens (tertiary/aromatic N) is 2. The maximum Gasteiger partial charge on any atom is 0.277 e. The van der Waals surface area contributed by atoms with Crippen LogP contribution < -0.4 is 14.9 Å². The van der Waals surface area contributed by atoms with Gasteiger partial charge in [-0.2, -0.15) is 0 Å². The van der Waals surface area contributed by atoms with Crippen molar-refractivity contribution in [3.8, 4) is 0 Å². The first kappa shape index (κ1) is 11.2. The lowest BCUT2D eigenvalue weighted by atomic mass is 10.2. The molecule has 92 valence electrons. The molecule has 1 aliphatic heterocycles. The second-order valence-electron chi connectivity index (χ2n) is 4.13. The minimum absolute atomic E-state index is 0.0630. The topological polar surface area (TPSA) is 64.6 Å². The lowest BCUT2D eigenvalue weighted by Gasteiger charge is -2.09. The molecule has 1 unspecified atom stereocenters. The molecule has 1 aliphatic rings. The van der Waals surface area contributed by atoms with Crippen LogP contribution in [0.2, 0.25) is 0 Å². The quantitative estimate of drug-likeness (QED) is 0.746. The van der Waals surface area contributed by atoms with Gasteiger partial charge in [0.05, 0.1) is 12.3 Å². The highest BCUT2D eigenvalue weighted by Gasteiger charge is 2.20. The number of hydrogen-bond donors (Lipinski definition) is 0. The van der Waals surface area contributed by atoms with Crippen molar-refractivity contribution in [3.63, 3.8) is 0 Å². The molecule has 18 heavy (non-hydrogen) atoms. The van der Waals surface area contributed by atoms with E-state index in [9.17, 15) is 9.59 Å². The number of carbonyl (C=O) groups is 1. The van der Waals surface area contributed by atoms with Crippen molar-refractivity contribution >= 4 is 23.3 Å². The first-order chi connectivity index (χ1) is 8.65. The first-order valence-electron chi connectivity index (χ1n) is 5.53. The Balaban J connectivity index is 2.28. The summed E-state index contributed by atoms with van der Waals surface area (Å²) in [6.07, 6.45) is 3.45. The number of aromatic nitrogens is 1. The molecule has 6 heteroatoms. The molecule has 3 rings (SSSR count). The van der Waals surface area contributed by atoms with Crippen molar-refractivity contribution in [1.29, 1.82) is 0 Å². The van der Waals surface area contributed by atoms with Gasteiger partial charge in [0.1, 0.15) is 10.3 Å². The number of thiazole rings is 1. The molecule has 0 aromatic carbocycles. The third kappa shape index (κ3) is 1.74. The highest BCUT2D eigenvalue weighted by molar-refractivity contribution is 7.07. The lowest BCUT2D eigenvalue weighted by Crippen LogP contribution is -2.40. The van der Waals surface area contributed by atoms with Gasteiger partial charge in [-0.1, -0.05) is 11.3 Å². The molecule has 0 aliphatic carbocycles. The van der Waals surface area contributed by atoms with Crippen molar-refractivity contribution in [2.24, 2.45) is 4.99 Å². The smallest absolute Gasteiger partial charge is 0.277 e. The van der Waals surface area contributed by atoms with Crippen LogP contribution in [0.4, 0.5) is 0 Å². The van der Waals surface area contributed by atoms with Crippen LogP contribution in [0.25, 0.3) is 6.08 Å². The Morgan fingerprint density at radius 2 is 2.39 bits per heavy atom. The highest BCUT2D eigenvalue weighted by atomic mass is 32.1. The van der Waals surface area contributed by atoms with Gasteiger partial charge in [-0.15, -0.1) is 0 Å². The van der Waals surface area contributed by atoms with Crippen LogP contribution in [0.3, 0.4) is 0 Å². The molecule has 0 fully saturated rings. The van der Waals surface area contributed by atoms with Gasteiger partial charge in [0.25, 0.3) is 5.56 Å². The summed E-state index contributed by atoms with van der Waals surface area (Å²) in [5.41, 5.74) is -0.313. The average molecular weight is 262 g/mol. The molecule has 2 aromatic heterocycles. The van der Waals surface area contributed by atoms with E-state index in [0.717, 1.165) is 4.57 Å². The van der Waals surface area contributed by atoms with E-state index in [0.29, 0.717) is 15.1 Å². The summed E-state index contributed by atoms with van der Waals surface area (Å²) < 4.78 is 6.78. The van der Waals surface area contributed by atoms with E-state index in [1.807, 2.05) is 6.92 Å². The van der Waals surface area contributed by atoms with E-state index in [1.165, 1.54) is 17.6 Å². The number of rotatable bonds is 1. The second kappa shape index (κ2) is 4.06. The molecule has 0 saturated carbocycles. The fourth-order valence-electron chi connectivity index (χ4n) is 1.86. The number of carbonyl (C=O) groups excluding carboxylic acids is 1. The molecule has 0 N–H and O–H groups in total. The van der Waals surface area contributed by atoms with Crippen LogP contribution in [-0.4, -0.2) is 16.5 Å². The minimum Gasteiger partial charge on any atom is -0.465 e. The number of furan rings is 1. The highest BCUT2D eigenvalue weighted by Crippen LogP contribution is 2.03. The maximum absolute atomic E-state index is 12.1. The van der Waals surface area contributed by atoms with Gasteiger partial charge in [-0.25, -0.2) is 4.57 Å². The molecule has 0 saturated heterocycles. The molecule has 0 radical (unpaired) electrons. The molecular weight excluding hydrogens is 252 g/mol. The fraction of sp³-hybridized carbons (Fsp3) is 0.250. The lowest BCUT2D eigenvalue weighted by molar-refractivity contribution is 0.0877. The Morgan fingerprint density at radius 1 is 1.56 bits per heavy atom. The number of fused-ring (bicyclic) bond motifs is 1. The molecule has 1 atom stereocenters. The average Bonchev–Trinajstić information content (AvgIpc) is 2.88. The molecule has 2 aromatic rings. The zero-order chi connectivity index (χ0) is 12.7. The summed E-state index contributed by atoms with van der Waals surface area (Å²) in [7, 11) is 0. The van der Waals surface area contributed by atoms with E-state index >= 15 is 0 Å². The normalized spacial score (nSPS) is 19.7. The molecule has 0 bridgehead atoms. The van der Waals surface area contributed by atoms with Gasteiger partial charge in [0, 0.05) is 12.5 Å². The maximum atomic E-state index is 12.1. The van der Waals surface area contributed by atoms with Crippen LogP contribution in [0, 0.1) is 0 Å². The van der Waals surface area contributed by atoms with E-state index in [4.69, 9.17) is 4.42 Å². The predicted octanol–water partition coefficient (Wildman–Crippen LogP) is 0.384. The predicted molar refractivity (Wildman–Crippen MR) is 66.3 cm³/mol. The largest absolute Gasteiger partial charge is 0.465 e. The van der Waals surface area contributed by atoms with Gasteiger partial charge in [-0.05, 0) is 19.1 Å². The number of hydrogen-bond acceptors (Lipinski definition) is 5.